The number of carboxylic acid groups (broad SMARTS) is 1. The molecule has 2 heterocycles. The van der Waals surface area contributed by atoms with Crippen LogP contribution < -0.4 is 5.32 Å². The Morgan fingerprint density at radius 2 is 2.17 bits per heavy atom. The minimum Gasteiger partial charge on any atom is -0.480 e. The van der Waals surface area contributed by atoms with Crippen molar-refractivity contribution in [3.05, 3.63) is 0 Å². The molecule has 2 fully saturated rings. The first-order chi connectivity index (χ1) is 8.48. The molecule has 5 heteroatoms. The molecule has 0 aromatic heterocycles. The summed E-state index contributed by atoms with van der Waals surface area (Å²) < 4.78 is 0. The maximum atomic E-state index is 12.6. The van der Waals surface area contributed by atoms with Crippen molar-refractivity contribution in [1.82, 2.24) is 10.2 Å². The molecule has 0 radical (unpaired) electrons. The summed E-state index contributed by atoms with van der Waals surface area (Å²) in [4.78, 5) is 25.6. The summed E-state index contributed by atoms with van der Waals surface area (Å²) >= 11 is 0. The van der Waals surface area contributed by atoms with E-state index in [1.165, 1.54) is 0 Å². The molecular formula is C13H22N2O3. The fourth-order valence-corrected chi connectivity index (χ4v) is 3.28. The van der Waals surface area contributed by atoms with E-state index < -0.39 is 12.0 Å². The van der Waals surface area contributed by atoms with Gasteiger partial charge in [-0.25, -0.2) is 4.79 Å². The molecule has 2 atom stereocenters. The highest BCUT2D eigenvalue weighted by Crippen LogP contribution is 2.38. The normalized spacial score (nSPS) is 30.2. The second-order valence-corrected chi connectivity index (χ2v) is 5.84. The van der Waals surface area contributed by atoms with Crippen LogP contribution in [0.3, 0.4) is 0 Å². The van der Waals surface area contributed by atoms with Crippen molar-refractivity contribution in [3.8, 4) is 0 Å². The van der Waals surface area contributed by atoms with Crippen LogP contribution in [0.25, 0.3) is 0 Å². The maximum Gasteiger partial charge on any atom is 0.326 e. The molecule has 1 amide bonds. The van der Waals surface area contributed by atoms with Crippen LogP contribution >= 0.6 is 0 Å². The first kappa shape index (κ1) is 13.3. The van der Waals surface area contributed by atoms with Crippen LogP contribution in [0.15, 0.2) is 0 Å². The topological polar surface area (TPSA) is 69.6 Å². The van der Waals surface area contributed by atoms with Gasteiger partial charge in [0, 0.05) is 13.1 Å². The van der Waals surface area contributed by atoms with Crippen LogP contribution in [0, 0.1) is 11.3 Å². The fourth-order valence-electron chi connectivity index (χ4n) is 3.28. The second kappa shape index (κ2) is 4.88. The lowest BCUT2D eigenvalue weighted by atomic mass is 9.77. The Balaban J connectivity index is 2.22. The van der Waals surface area contributed by atoms with Crippen molar-refractivity contribution in [2.75, 3.05) is 19.6 Å². The SMILES string of the molecule is CC(C)[C@@H](C(=O)O)N1CCC[C@]2(CCNC2)C1=O. The number of carboxylic acids is 1. The summed E-state index contributed by atoms with van der Waals surface area (Å²) in [6.07, 6.45) is 2.64. The molecule has 5 nitrogen and oxygen atoms in total. The summed E-state index contributed by atoms with van der Waals surface area (Å²) in [6, 6.07) is -0.685. The third-order valence-corrected chi connectivity index (χ3v) is 4.23. The molecule has 2 saturated heterocycles. The molecule has 1 spiro atoms. The van der Waals surface area contributed by atoms with Crippen molar-refractivity contribution in [1.29, 1.82) is 0 Å². The average Bonchev–Trinajstić information content (AvgIpc) is 2.73. The van der Waals surface area contributed by atoms with Gasteiger partial charge in [-0.1, -0.05) is 13.8 Å². The van der Waals surface area contributed by atoms with Crippen LogP contribution in [0.2, 0.25) is 0 Å². The van der Waals surface area contributed by atoms with Gasteiger partial charge in [0.1, 0.15) is 6.04 Å². The van der Waals surface area contributed by atoms with Crippen molar-refractivity contribution < 1.29 is 14.7 Å². The van der Waals surface area contributed by atoms with E-state index in [9.17, 15) is 14.7 Å². The van der Waals surface area contributed by atoms with Gasteiger partial charge in [-0.15, -0.1) is 0 Å². The zero-order chi connectivity index (χ0) is 13.3. The highest BCUT2D eigenvalue weighted by atomic mass is 16.4. The Bertz CT molecular complexity index is 348. The number of hydrogen-bond acceptors (Lipinski definition) is 3. The predicted molar refractivity (Wildman–Crippen MR) is 67.1 cm³/mol. The van der Waals surface area contributed by atoms with Crippen LogP contribution in [-0.2, 0) is 9.59 Å². The van der Waals surface area contributed by atoms with E-state index in [0.717, 1.165) is 25.8 Å². The van der Waals surface area contributed by atoms with Crippen molar-refractivity contribution in [3.63, 3.8) is 0 Å². The van der Waals surface area contributed by atoms with Gasteiger partial charge >= 0.3 is 5.97 Å². The number of carbonyl (C=O) groups excluding carboxylic acids is 1. The second-order valence-electron chi connectivity index (χ2n) is 5.84. The summed E-state index contributed by atoms with van der Waals surface area (Å²) in [5, 5.41) is 12.6. The van der Waals surface area contributed by atoms with Gasteiger partial charge < -0.3 is 15.3 Å². The van der Waals surface area contributed by atoms with Crippen molar-refractivity contribution in [2.24, 2.45) is 11.3 Å². The molecule has 18 heavy (non-hydrogen) atoms. The lowest BCUT2D eigenvalue weighted by molar-refractivity contribution is -0.160. The molecule has 2 N–H and O–H groups in total. The summed E-state index contributed by atoms with van der Waals surface area (Å²) in [7, 11) is 0. The molecule has 2 aliphatic rings. The lowest BCUT2D eigenvalue weighted by Crippen LogP contribution is -2.57. The highest BCUT2D eigenvalue weighted by molar-refractivity contribution is 5.88. The van der Waals surface area contributed by atoms with Gasteiger partial charge in [0.15, 0.2) is 0 Å². The molecular weight excluding hydrogens is 232 g/mol. The number of aliphatic carboxylic acids is 1. The number of amides is 1. The predicted octanol–water partition coefficient (Wildman–Crippen LogP) is 0.698. The number of rotatable bonds is 3. The molecule has 102 valence electrons. The Morgan fingerprint density at radius 1 is 1.44 bits per heavy atom. The fraction of sp³-hybridized carbons (Fsp3) is 0.846. The lowest BCUT2D eigenvalue weighted by Gasteiger charge is -2.42. The Morgan fingerprint density at radius 3 is 2.67 bits per heavy atom. The number of carbonyl (C=O) groups is 2. The molecule has 0 unspecified atom stereocenters. The minimum atomic E-state index is -0.888. The quantitative estimate of drug-likeness (QED) is 0.778. The number of piperidine rings is 1. The van der Waals surface area contributed by atoms with E-state index in [1.807, 2.05) is 13.8 Å². The van der Waals surface area contributed by atoms with Crippen LogP contribution in [0.4, 0.5) is 0 Å². The van der Waals surface area contributed by atoms with Crippen molar-refractivity contribution >= 4 is 11.9 Å². The number of nitrogens with one attached hydrogen (secondary N) is 1. The first-order valence-corrected chi connectivity index (χ1v) is 6.72. The van der Waals surface area contributed by atoms with Crippen molar-refractivity contribution in [2.45, 2.75) is 39.2 Å². The maximum absolute atomic E-state index is 12.6. The monoisotopic (exact) mass is 254 g/mol. The van der Waals surface area contributed by atoms with Gasteiger partial charge in [-0.05, 0) is 31.7 Å². The van der Waals surface area contributed by atoms with Gasteiger partial charge in [-0.3, -0.25) is 4.79 Å². The standard InChI is InChI=1S/C13H22N2O3/c1-9(2)10(11(16)17)15-7-3-4-13(12(15)18)5-6-14-8-13/h9-10,14H,3-8H2,1-2H3,(H,16,17)/t10-,13+/m0/s1. The molecule has 0 aliphatic carbocycles. The first-order valence-electron chi connectivity index (χ1n) is 6.72. The largest absolute Gasteiger partial charge is 0.480 e. The zero-order valence-corrected chi connectivity index (χ0v) is 11.1. The average molecular weight is 254 g/mol. The molecule has 0 saturated carbocycles. The van der Waals surface area contributed by atoms with Gasteiger partial charge in [-0.2, -0.15) is 0 Å². The zero-order valence-electron chi connectivity index (χ0n) is 11.1. The summed E-state index contributed by atoms with van der Waals surface area (Å²) in [5.41, 5.74) is -0.332. The summed E-state index contributed by atoms with van der Waals surface area (Å²) in [5.74, 6) is -0.905. The summed E-state index contributed by atoms with van der Waals surface area (Å²) in [6.45, 7) is 5.86. The smallest absolute Gasteiger partial charge is 0.326 e. The van der Waals surface area contributed by atoms with Crippen LogP contribution in [0.1, 0.15) is 33.1 Å². The highest BCUT2D eigenvalue weighted by Gasteiger charge is 2.48. The number of nitrogens with zero attached hydrogens (tertiary/aromatic N) is 1. The Labute approximate surface area is 108 Å². The van der Waals surface area contributed by atoms with Crippen LogP contribution in [-0.4, -0.2) is 47.6 Å². The van der Waals surface area contributed by atoms with Crippen LogP contribution in [0.5, 0.6) is 0 Å². The Kier molecular flexibility index (Phi) is 3.61. The third kappa shape index (κ3) is 2.11. The van der Waals surface area contributed by atoms with E-state index in [2.05, 4.69) is 5.32 Å². The van der Waals surface area contributed by atoms with Gasteiger partial charge in [0.2, 0.25) is 5.91 Å². The van der Waals surface area contributed by atoms with E-state index in [-0.39, 0.29) is 17.2 Å². The van der Waals surface area contributed by atoms with E-state index in [4.69, 9.17) is 0 Å². The third-order valence-electron chi connectivity index (χ3n) is 4.23. The molecule has 2 rings (SSSR count). The molecule has 2 aliphatic heterocycles. The van der Waals surface area contributed by atoms with E-state index in [1.54, 1.807) is 4.90 Å². The van der Waals surface area contributed by atoms with E-state index >= 15 is 0 Å². The van der Waals surface area contributed by atoms with Gasteiger partial charge in [0.25, 0.3) is 0 Å². The van der Waals surface area contributed by atoms with E-state index in [0.29, 0.717) is 13.1 Å². The molecule has 0 aromatic rings. The van der Waals surface area contributed by atoms with Gasteiger partial charge in [0.05, 0.1) is 5.41 Å². The number of hydrogen-bond donors (Lipinski definition) is 2. The Hall–Kier alpha value is -1.10. The number of likely N-dealkylation sites (tertiary alicyclic amines) is 1. The molecule has 0 bridgehead atoms. The minimum absolute atomic E-state index is 0.0415. The molecule has 0 aromatic carbocycles.